The number of likely N-dealkylation sites (N-methyl/N-ethyl adjacent to an activating group) is 1. The maximum atomic E-state index is 13.1. The van der Waals surface area contributed by atoms with Crippen LogP contribution in [0.3, 0.4) is 0 Å². The Labute approximate surface area is 165 Å². The van der Waals surface area contributed by atoms with Gasteiger partial charge < -0.3 is 9.80 Å². The highest BCUT2D eigenvalue weighted by molar-refractivity contribution is 7.89. The van der Waals surface area contributed by atoms with Crippen molar-refractivity contribution >= 4 is 21.8 Å². The number of hydrogen-bond donors (Lipinski definition) is 0. The lowest BCUT2D eigenvalue weighted by Crippen LogP contribution is -2.51. The number of hydrogen-bond acceptors (Lipinski definition) is 4. The minimum absolute atomic E-state index is 0.0174. The van der Waals surface area contributed by atoms with Gasteiger partial charge in [-0.25, -0.2) is 12.8 Å². The number of amides is 2. The molecule has 2 amide bonds. The second kappa shape index (κ2) is 8.16. The summed E-state index contributed by atoms with van der Waals surface area (Å²) in [6, 6.07) is 4.24. The highest BCUT2D eigenvalue weighted by Gasteiger charge is 2.40. The third-order valence-electron chi connectivity index (χ3n) is 5.45. The maximum absolute atomic E-state index is 13.1. The molecule has 7 nitrogen and oxygen atoms in total. The van der Waals surface area contributed by atoms with Gasteiger partial charge in [0.2, 0.25) is 21.8 Å². The van der Waals surface area contributed by atoms with Crippen molar-refractivity contribution in [3.05, 3.63) is 30.1 Å². The summed E-state index contributed by atoms with van der Waals surface area (Å²) in [5, 5.41) is 0. The maximum Gasteiger partial charge on any atom is 0.244 e. The van der Waals surface area contributed by atoms with E-state index in [1.807, 2.05) is 0 Å². The summed E-state index contributed by atoms with van der Waals surface area (Å²) in [6.07, 6.45) is 2.55. The molecule has 1 aromatic carbocycles. The molecule has 0 spiro atoms. The van der Waals surface area contributed by atoms with Crippen LogP contribution in [-0.2, 0) is 19.6 Å². The Morgan fingerprint density at radius 3 is 2.36 bits per heavy atom. The van der Waals surface area contributed by atoms with Gasteiger partial charge in [0.05, 0.1) is 10.8 Å². The van der Waals surface area contributed by atoms with Gasteiger partial charge in [0.15, 0.2) is 0 Å². The Balaban J connectivity index is 1.75. The molecule has 2 aliphatic rings. The number of halogens is 1. The quantitative estimate of drug-likeness (QED) is 0.748. The standard InChI is InChI=1S/C19H26FN3O4S/c1-21(2)19(25)17-6-4-12-23(17)18(24)14-5-3-11-22(13-14)28(26,27)16-9-7-15(20)8-10-16/h7-10,14,17H,3-6,11-13H2,1-2H3/t14-,17+/m1/s1. The molecule has 0 aromatic heterocycles. The molecule has 1 aromatic rings. The lowest BCUT2D eigenvalue weighted by Gasteiger charge is -2.35. The molecule has 2 saturated heterocycles. The van der Waals surface area contributed by atoms with Crippen molar-refractivity contribution in [2.45, 2.75) is 36.6 Å². The van der Waals surface area contributed by atoms with Crippen molar-refractivity contribution in [3.8, 4) is 0 Å². The van der Waals surface area contributed by atoms with Crippen molar-refractivity contribution in [1.29, 1.82) is 0 Å². The number of rotatable bonds is 4. The molecule has 2 atom stereocenters. The molecule has 0 aliphatic carbocycles. The Morgan fingerprint density at radius 2 is 1.71 bits per heavy atom. The van der Waals surface area contributed by atoms with Crippen LogP contribution in [0, 0.1) is 11.7 Å². The minimum atomic E-state index is -3.79. The predicted molar refractivity (Wildman–Crippen MR) is 101 cm³/mol. The van der Waals surface area contributed by atoms with Gasteiger partial charge in [0.25, 0.3) is 0 Å². The fraction of sp³-hybridized carbons (Fsp3) is 0.579. The zero-order valence-electron chi connectivity index (χ0n) is 16.2. The number of sulfonamides is 1. The van der Waals surface area contributed by atoms with Crippen LogP contribution >= 0.6 is 0 Å². The summed E-state index contributed by atoms with van der Waals surface area (Å²) in [5.41, 5.74) is 0. The van der Waals surface area contributed by atoms with E-state index >= 15 is 0 Å². The first-order chi connectivity index (χ1) is 13.2. The average Bonchev–Trinajstić information content (AvgIpc) is 3.16. The molecule has 28 heavy (non-hydrogen) atoms. The van der Waals surface area contributed by atoms with Gasteiger partial charge in [-0.3, -0.25) is 9.59 Å². The Kier molecular flexibility index (Phi) is 6.04. The molecule has 0 saturated carbocycles. The summed E-state index contributed by atoms with van der Waals surface area (Å²) in [6.45, 7) is 0.922. The van der Waals surface area contributed by atoms with Crippen LogP contribution in [0.5, 0.6) is 0 Å². The number of likely N-dealkylation sites (tertiary alicyclic amines) is 1. The van der Waals surface area contributed by atoms with Crippen LogP contribution in [0.15, 0.2) is 29.2 Å². The van der Waals surface area contributed by atoms with E-state index in [1.165, 1.54) is 21.3 Å². The number of carbonyl (C=O) groups is 2. The second-order valence-electron chi connectivity index (χ2n) is 7.58. The Morgan fingerprint density at radius 1 is 1.07 bits per heavy atom. The average molecular weight is 411 g/mol. The van der Waals surface area contributed by atoms with Crippen molar-refractivity contribution in [1.82, 2.24) is 14.1 Å². The summed E-state index contributed by atoms with van der Waals surface area (Å²) < 4.78 is 40.2. The summed E-state index contributed by atoms with van der Waals surface area (Å²) in [4.78, 5) is 28.6. The van der Waals surface area contributed by atoms with E-state index in [-0.39, 0.29) is 23.3 Å². The molecule has 0 unspecified atom stereocenters. The van der Waals surface area contributed by atoms with Crippen molar-refractivity contribution in [2.24, 2.45) is 5.92 Å². The van der Waals surface area contributed by atoms with Crippen LogP contribution in [0.4, 0.5) is 4.39 Å². The Bertz CT molecular complexity index is 841. The third kappa shape index (κ3) is 4.05. The first-order valence-corrected chi connectivity index (χ1v) is 10.9. The molecule has 154 valence electrons. The van der Waals surface area contributed by atoms with Gasteiger partial charge in [-0.05, 0) is 49.9 Å². The highest BCUT2D eigenvalue weighted by Crippen LogP contribution is 2.28. The van der Waals surface area contributed by atoms with Gasteiger partial charge in [-0.15, -0.1) is 0 Å². The van der Waals surface area contributed by atoms with E-state index in [0.29, 0.717) is 32.4 Å². The molecular formula is C19H26FN3O4S. The summed E-state index contributed by atoms with van der Waals surface area (Å²) in [5.74, 6) is -1.23. The summed E-state index contributed by atoms with van der Waals surface area (Å²) >= 11 is 0. The van der Waals surface area contributed by atoms with Crippen LogP contribution in [0.25, 0.3) is 0 Å². The zero-order chi connectivity index (χ0) is 20.5. The molecule has 2 aliphatic heterocycles. The smallest absolute Gasteiger partial charge is 0.244 e. The van der Waals surface area contributed by atoms with Gasteiger partial charge in [-0.1, -0.05) is 0 Å². The lowest BCUT2D eigenvalue weighted by atomic mass is 9.97. The number of piperidine rings is 1. The fourth-order valence-electron chi connectivity index (χ4n) is 3.94. The largest absolute Gasteiger partial charge is 0.347 e. The molecular weight excluding hydrogens is 385 g/mol. The number of benzene rings is 1. The summed E-state index contributed by atoms with van der Waals surface area (Å²) in [7, 11) is -0.456. The van der Waals surface area contributed by atoms with Gasteiger partial charge in [0.1, 0.15) is 11.9 Å². The molecule has 3 rings (SSSR count). The van der Waals surface area contributed by atoms with E-state index in [4.69, 9.17) is 0 Å². The van der Waals surface area contributed by atoms with E-state index in [0.717, 1.165) is 18.6 Å². The third-order valence-corrected chi connectivity index (χ3v) is 7.33. The van der Waals surface area contributed by atoms with Crippen molar-refractivity contribution in [2.75, 3.05) is 33.7 Å². The molecule has 2 fully saturated rings. The van der Waals surface area contributed by atoms with Gasteiger partial charge in [-0.2, -0.15) is 4.31 Å². The molecule has 2 heterocycles. The van der Waals surface area contributed by atoms with E-state index in [2.05, 4.69) is 0 Å². The Hall–Kier alpha value is -2.00. The lowest BCUT2D eigenvalue weighted by molar-refractivity contribution is -0.145. The van der Waals surface area contributed by atoms with Crippen LogP contribution in [0.2, 0.25) is 0 Å². The van der Waals surface area contributed by atoms with Crippen LogP contribution in [0.1, 0.15) is 25.7 Å². The molecule has 0 N–H and O–H groups in total. The second-order valence-corrected chi connectivity index (χ2v) is 9.52. The monoisotopic (exact) mass is 411 g/mol. The molecule has 0 radical (unpaired) electrons. The first-order valence-electron chi connectivity index (χ1n) is 9.49. The van der Waals surface area contributed by atoms with E-state index in [9.17, 15) is 22.4 Å². The number of nitrogens with zero attached hydrogens (tertiary/aromatic N) is 3. The van der Waals surface area contributed by atoms with Crippen LogP contribution in [-0.4, -0.2) is 74.1 Å². The molecule has 9 heteroatoms. The van der Waals surface area contributed by atoms with E-state index < -0.39 is 27.8 Å². The normalized spacial score (nSPS) is 23.6. The van der Waals surface area contributed by atoms with Gasteiger partial charge >= 0.3 is 0 Å². The highest BCUT2D eigenvalue weighted by atomic mass is 32.2. The predicted octanol–water partition coefficient (Wildman–Crippen LogP) is 1.31. The minimum Gasteiger partial charge on any atom is -0.347 e. The van der Waals surface area contributed by atoms with Gasteiger partial charge in [0, 0.05) is 33.7 Å². The van der Waals surface area contributed by atoms with E-state index in [1.54, 1.807) is 19.0 Å². The SMILES string of the molecule is CN(C)C(=O)[C@@H]1CCCN1C(=O)[C@@H]1CCCN(S(=O)(=O)c2ccc(F)cc2)C1. The molecule has 0 bridgehead atoms. The fourth-order valence-corrected chi connectivity index (χ4v) is 5.46. The van der Waals surface area contributed by atoms with Crippen molar-refractivity contribution < 1.29 is 22.4 Å². The van der Waals surface area contributed by atoms with Crippen LogP contribution < -0.4 is 0 Å². The first kappa shape index (κ1) is 20.7. The van der Waals surface area contributed by atoms with Crippen molar-refractivity contribution in [3.63, 3.8) is 0 Å². The topological polar surface area (TPSA) is 78.0 Å². The number of carbonyl (C=O) groups excluding carboxylic acids is 2. The zero-order valence-corrected chi connectivity index (χ0v) is 17.0.